The summed E-state index contributed by atoms with van der Waals surface area (Å²) in [6.07, 6.45) is 33.4. The maximum absolute atomic E-state index is 13.1. The predicted octanol–water partition coefficient (Wildman–Crippen LogP) is 11.9. The van der Waals surface area contributed by atoms with Crippen molar-refractivity contribution in [2.45, 2.75) is 201 Å². The Morgan fingerprint density at radius 2 is 0.927 bits per heavy atom. The summed E-state index contributed by atoms with van der Waals surface area (Å²) < 4.78 is 10.6. The number of unbranched alkanes of at least 4 members (excludes halogenated alkanes) is 21. The van der Waals surface area contributed by atoms with Gasteiger partial charge in [-0.1, -0.05) is 168 Å². The molecule has 0 bridgehead atoms. The normalized spacial score (nSPS) is 12.9. The molecule has 0 radical (unpaired) electrons. The third-order valence-electron chi connectivity index (χ3n) is 8.89. The molecule has 0 aliphatic heterocycles. The first kappa shape index (κ1) is 40.1. The highest BCUT2D eigenvalue weighted by Crippen LogP contribution is 2.29. The van der Waals surface area contributed by atoms with E-state index in [0.29, 0.717) is 12.3 Å². The van der Waals surface area contributed by atoms with E-state index in [1.165, 1.54) is 116 Å². The molecule has 41 heavy (non-hydrogen) atoms. The number of carbonyl (C=O) groups excluding carboxylic acids is 2. The average molecular weight is 581 g/mol. The largest absolute Gasteiger partial charge is 0.393 e. The van der Waals surface area contributed by atoms with Gasteiger partial charge in [-0.05, 0) is 31.6 Å². The van der Waals surface area contributed by atoms with Crippen LogP contribution in [0.15, 0.2) is 0 Å². The standard InChI is InChI=1S/C37H72O4/c1-5-8-10-11-12-13-14-15-16-17-18-19-20-24-28-32-36(38)41-37(39)35(34(7-3)30-26-9-6-2)31-27-23-21-22-25-29-33-40-4/h34-35H,5-33H2,1-4H3. The molecule has 4 heteroatoms. The fourth-order valence-corrected chi connectivity index (χ4v) is 6.09. The molecule has 0 saturated carbocycles. The van der Waals surface area contributed by atoms with E-state index in [1.54, 1.807) is 7.11 Å². The average Bonchev–Trinajstić information content (AvgIpc) is 2.97. The first-order valence-corrected chi connectivity index (χ1v) is 18.3. The van der Waals surface area contributed by atoms with Gasteiger partial charge in [0.1, 0.15) is 0 Å². The molecule has 0 fully saturated rings. The molecular weight excluding hydrogens is 508 g/mol. The fourth-order valence-electron chi connectivity index (χ4n) is 6.09. The molecule has 0 saturated heterocycles. The Balaban J connectivity index is 4.13. The maximum atomic E-state index is 13.1. The highest BCUT2D eigenvalue weighted by atomic mass is 16.6. The number of hydrogen-bond acceptors (Lipinski definition) is 4. The predicted molar refractivity (Wildman–Crippen MR) is 176 cm³/mol. The van der Waals surface area contributed by atoms with Gasteiger partial charge in [0.25, 0.3) is 0 Å². The smallest absolute Gasteiger partial charge is 0.316 e. The zero-order valence-corrected chi connectivity index (χ0v) is 28.3. The van der Waals surface area contributed by atoms with Crippen molar-refractivity contribution in [2.24, 2.45) is 11.8 Å². The van der Waals surface area contributed by atoms with Crippen LogP contribution in [0.1, 0.15) is 201 Å². The maximum Gasteiger partial charge on any atom is 0.316 e. The summed E-state index contributed by atoms with van der Waals surface area (Å²) in [6.45, 7) is 7.53. The lowest BCUT2D eigenvalue weighted by molar-refractivity contribution is -0.164. The Morgan fingerprint density at radius 1 is 0.512 bits per heavy atom. The highest BCUT2D eigenvalue weighted by Gasteiger charge is 2.29. The third kappa shape index (κ3) is 26.5. The summed E-state index contributed by atoms with van der Waals surface area (Å²) in [4.78, 5) is 25.6. The molecule has 0 amide bonds. The lowest BCUT2D eigenvalue weighted by Gasteiger charge is -2.24. The molecule has 0 aromatic carbocycles. The first-order chi connectivity index (χ1) is 20.1. The summed E-state index contributed by atoms with van der Waals surface area (Å²) >= 11 is 0. The van der Waals surface area contributed by atoms with Crippen molar-refractivity contribution >= 4 is 11.9 Å². The molecule has 0 aliphatic rings. The number of methoxy groups -OCH3 is 1. The minimum Gasteiger partial charge on any atom is -0.393 e. The molecule has 0 spiro atoms. The molecular formula is C37H72O4. The van der Waals surface area contributed by atoms with Crippen LogP contribution < -0.4 is 0 Å². The van der Waals surface area contributed by atoms with Crippen molar-refractivity contribution in [3.05, 3.63) is 0 Å². The molecule has 0 rings (SSSR count). The molecule has 0 N–H and O–H groups in total. The van der Waals surface area contributed by atoms with Crippen molar-refractivity contribution in [3.63, 3.8) is 0 Å². The molecule has 0 heterocycles. The van der Waals surface area contributed by atoms with Crippen LogP contribution in [0.25, 0.3) is 0 Å². The van der Waals surface area contributed by atoms with E-state index >= 15 is 0 Å². The second-order valence-corrected chi connectivity index (χ2v) is 12.7. The minimum atomic E-state index is -0.309. The molecule has 244 valence electrons. The van der Waals surface area contributed by atoms with Crippen molar-refractivity contribution in [3.8, 4) is 0 Å². The van der Waals surface area contributed by atoms with Crippen molar-refractivity contribution in [2.75, 3.05) is 13.7 Å². The number of carbonyl (C=O) groups is 2. The summed E-state index contributed by atoms with van der Waals surface area (Å²) in [5, 5.41) is 0. The lowest BCUT2D eigenvalue weighted by Crippen LogP contribution is -2.28. The third-order valence-corrected chi connectivity index (χ3v) is 8.89. The van der Waals surface area contributed by atoms with Gasteiger partial charge < -0.3 is 9.47 Å². The van der Waals surface area contributed by atoms with Crippen molar-refractivity contribution in [1.82, 2.24) is 0 Å². The van der Waals surface area contributed by atoms with Crippen LogP contribution >= 0.6 is 0 Å². The van der Waals surface area contributed by atoms with E-state index < -0.39 is 0 Å². The van der Waals surface area contributed by atoms with Gasteiger partial charge in [0.2, 0.25) is 0 Å². The molecule has 0 aromatic heterocycles. The Kier molecular flexibility index (Phi) is 31.3. The van der Waals surface area contributed by atoms with E-state index in [2.05, 4.69) is 20.8 Å². The zero-order valence-electron chi connectivity index (χ0n) is 28.3. The van der Waals surface area contributed by atoms with Crippen LogP contribution in [-0.2, 0) is 19.1 Å². The Morgan fingerprint density at radius 3 is 1.41 bits per heavy atom. The number of rotatable bonds is 32. The fraction of sp³-hybridized carbons (Fsp3) is 0.946. The van der Waals surface area contributed by atoms with Crippen LogP contribution in [0.3, 0.4) is 0 Å². The van der Waals surface area contributed by atoms with E-state index in [0.717, 1.165) is 64.4 Å². The van der Waals surface area contributed by atoms with Gasteiger partial charge in [0.15, 0.2) is 0 Å². The monoisotopic (exact) mass is 581 g/mol. The SMILES string of the molecule is CCCCCCCCCCCCCCCCCC(=O)OC(=O)C(CCCCCCCCOC)C(CC)CCCCC. The first-order valence-electron chi connectivity index (χ1n) is 18.3. The second kappa shape index (κ2) is 32.0. The highest BCUT2D eigenvalue weighted by molar-refractivity contribution is 5.86. The molecule has 0 aromatic rings. The summed E-state index contributed by atoms with van der Waals surface area (Å²) in [6, 6.07) is 0. The van der Waals surface area contributed by atoms with Crippen LogP contribution in [0.4, 0.5) is 0 Å². The van der Waals surface area contributed by atoms with E-state index in [-0.39, 0.29) is 17.9 Å². The minimum absolute atomic E-state index is 0.129. The van der Waals surface area contributed by atoms with Crippen molar-refractivity contribution in [1.29, 1.82) is 0 Å². The van der Waals surface area contributed by atoms with Crippen molar-refractivity contribution < 1.29 is 19.1 Å². The Hall–Kier alpha value is -0.900. The van der Waals surface area contributed by atoms with E-state index in [4.69, 9.17) is 9.47 Å². The van der Waals surface area contributed by atoms with Gasteiger partial charge in [-0.25, -0.2) is 0 Å². The number of hydrogen-bond donors (Lipinski definition) is 0. The van der Waals surface area contributed by atoms with Gasteiger partial charge in [-0.15, -0.1) is 0 Å². The van der Waals surface area contributed by atoms with Crippen LogP contribution in [0, 0.1) is 11.8 Å². The zero-order chi connectivity index (χ0) is 30.2. The van der Waals surface area contributed by atoms with Crippen LogP contribution in [-0.4, -0.2) is 25.7 Å². The Bertz CT molecular complexity index is 561. The molecule has 2 unspecified atom stereocenters. The summed E-state index contributed by atoms with van der Waals surface area (Å²) in [7, 11) is 1.76. The summed E-state index contributed by atoms with van der Waals surface area (Å²) in [5.41, 5.74) is 0. The number of ether oxygens (including phenoxy) is 2. The van der Waals surface area contributed by atoms with Gasteiger partial charge in [0, 0.05) is 20.1 Å². The van der Waals surface area contributed by atoms with Gasteiger partial charge in [0.05, 0.1) is 5.92 Å². The molecule has 2 atom stereocenters. The van der Waals surface area contributed by atoms with E-state index in [9.17, 15) is 9.59 Å². The molecule has 4 nitrogen and oxygen atoms in total. The quantitative estimate of drug-likeness (QED) is 0.0451. The lowest BCUT2D eigenvalue weighted by atomic mass is 9.82. The number of esters is 2. The van der Waals surface area contributed by atoms with Crippen LogP contribution in [0.2, 0.25) is 0 Å². The summed E-state index contributed by atoms with van der Waals surface area (Å²) in [5.74, 6) is -0.361. The van der Waals surface area contributed by atoms with E-state index in [1.807, 2.05) is 0 Å². The molecule has 0 aliphatic carbocycles. The Labute approximate surface area is 256 Å². The van der Waals surface area contributed by atoms with Gasteiger partial charge in [-0.2, -0.15) is 0 Å². The topological polar surface area (TPSA) is 52.6 Å². The van der Waals surface area contributed by atoms with Crippen LogP contribution in [0.5, 0.6) is 0 Å². The van der Waals surface area contributed by atoms with Gasteiger partial charge in [-0.3, -0.25) is 9.59 Å². The van der Waals surface area contributed by atoms with Gasteiger partial charge >= 0.3 is 11.9 Å². The second-order valence-electron chi connectivity index (χ2n) is 12.7.